The van der Waals surface area contributed by atoms with E-state index in [0.29, 0.717) is 0 Å². The van der Waals surface area contributed by atoms with E-state index in [-0.39, 0.29) is 31.0 Å². The summed E-state index contributed by atoms with van der Waals surface area (Å²) in [6.07, 6.45) is 0.0799. The first kappa shape index (κ1) is 16.6. The summed E-state index contributed by atoms with van der Waals surface area (Å²) < 4.78 is 17.4. The van der Waals surface area contributed by atoms with E-state index in [2.05, 4.69) is 10.1 Å². The third-order valence-corrected chi connectivity index (χ3v) is 2.79. The van der Waals surface area contributed by atoms with E-state index in [4.69, 9.17) is 0 Å². The van der Waals surface area contributed by atoms with Gasteiger partial charge in [-0.25, -0.2) is 4.39 Å². The second kappa shape index (κ2) is 7.98. The zero-order valence-corrected chi connectivity index (χ0v) is 11.9. The molecule has 0 atom stereocenters. The Kier molecular flexibility index (Phi) is 6.32. The molecule has 1 N–H and O–H groups in total. The second-order valence-corrected chi connectivity index (χ2v) is 4.33. The van der Waals surface area contributed by atoms with Crippen LogP contribution >= 0.6 is 0 Å². The number of hydrogen-bond acceptors (Lipinski definition) is 4. The third kappa shape index (κ3) is 5.60. The quantitative estimate of drug-likeness (QED) is 0.779. The Morgan fingerprint density at radius 1 is 1.33 bits per heavy atom. The molecule has 1 aromatic rings. The summed E-state index contributed by atoms with van der Waals surface area (Å²) in [5.41, 5.74) is 0.139. The van der Waals surface area contributed by atoms with E-state index < -0.39 is 17.7 Å². The van der Waals surface area contributed by atoms with Crippen LogP contribution in [0.4, 0.5) is 4.39 Å². The number of rotatable bonds is 6. The molecule has 0 radical (unpaired) electrons. The summed E-state index contributed by atoms with van der Waals surface area (Å²) in [6, 6.07) is 5.17. The van der Waals surface area contributed by atoms with Gasteiger partial charge in [0.05, 0.1) is 20.1 Å². The molecule has 0 bridgehead atoms. The number of methoxy groups -OCH3 is 1. The highest BCUT2D eigenvalue weighted by atomic mass is 19.1. The summed E-state index contributed by atoms with van der Waals surface area (Å²) in [6.45, 7) is -0.0334. The molecule has 1 aromatic carbocycles. The standard InChI is InChI=1S/C14H17FN2O4/c1-17(7-6-13(19)21-2)12(18)9-16-14(20)10-4-3-5-11(15)8-10/h3-5,8H,6-7,9H2,1-2H3,(H,16,20). The fourth-order valence-electron chi connectivity index (χ4n) is 1.51. The number of nitrogens with zero attached hydrogens (tertiary/aromatic N) is 1. The van der Waals surface area contributed by atoms with Crippen LogP contribution in [0.5, 0.6) is 0 Å². The van der Waals surface area contributed by atoms with Crippen LogP contribution in [0.25, 0.3) is 0 Å². The first-order valence-corrected chi connectivity index (χ1v) is 6.28. The molecule has 0 aliphatic heterocycles. The van der Waals surface area contributed by atoms with Crippen LogP contribution < -0.4 is 5.32 Å². The highest BCUT2D eigenvalue weighted by Crippen LogP contribution is 2.03. The van der Waals surface area contributed by atoms with Gasteiger partial charge in [0.1, 0.15) is 5.82 Å². The highest BCUT2D eigenvalue weighted by molar-refractivity contribution is 5.96. The van der Waals surface area contributed by atoms with Crippen molar-refractivity contribution in [1.82, 2.24) is 10.2 Å². The van der Waals surface area contributed by atoms with Crippen LogP contribution in [0.2, 0.25) is 0 Å². The lowest BCUT2D eigenvalue weighted by Gasteiger charge is -2.16. The van der Waals surface area contributed by atoms with E-state index in [1.807, 2.05) is 0 Å². The summed E-state index contributed by atoms with van der Waals surface area (Å²) in [5, 5.41) is 2.40. The van der Waals surface area contributed by atoms with Crippen molar-refractivity contribution in [3.8, 4) is 0 Å². The molecule has 1 rings (SSSR count). The first-order valence-electron chi connectivity index (χ1n) is 6.28. The molecular weight excluding hydrogens is 279 g/mol. The number of carbonyl (C=O) groups excluding carboxylic acids is 3. The highest BCUT2D eigenvalue weighted by Gasteiger charge is 2.13. The van der Waals surface area contributed by atoms with Gasteiger partial charge in [-0.3, -0.25) is 14.4 Å². The minimum absolute atomic E-state index is 0.0799. The van der Waals surface area contributed by atoms with Crippen molar-refractivity contribution in [2.45, 2.75) is 6.42 Å². The lowest BCUT2D eigenvalue weighted by molar-refractivity contribution is -0.141. The molecule has 0 aliphatic carbocycles. The van der Waals surface area contributed by atoms with Gasteiger partial charge < -0.3 is 15.0 Å². The minimum atomic E-state index is -0.538. The molecule has 0 saturated carbocycles. The second-order valence-electron chi connectivity index (χ2n) is 4.33. The smallest absolute Gasteiger partial charge is 0.307 e. The monoisotopic (exact) mass is 296 g/mol. The summed E-state index contributed by atoms with van der Waals surface area (Å²) >= 11 is 0. The number of esters is 1. The van der Waals surface area contributed by atoms with Crippen LogP contribution in [0.1, 0.15) is 16.8 Å². The maximum absolute atomic E-state index is 13.0. The largest absolute Gasteiger partial charge is 0.469 e. The van der Waals surface area contributed by atoms with E-state index in [0.717, 1.165) is 6.07 Å². The maximum atomic E-state index is 13.0. The summed E-state index contributed by atoms with van der Waals surface area (Å²) in [5.74, 6) is -1.84. The van der Waals surface area contributed by atoms with Crippen molar-refractivity contribution in [3.05, 3.63) is 35.6 Å². The zero-order valence-electron chi connectivity index (χ0n) is 11.9. The molecule has 0 saturated heterocycles. The lowest BCUT2D eigenvalue weighted by atomic mass is 10.2. The number of carbonyl (C=O) groups is 3. The van der Waals surface area contributed by atoms with Crippen molar-refractivity contribution < 1.29 is 23.5 Å². The maximum Gasteiger partial charge on any atom is 0.307 e. The molecule has 2 amide bonds. The average Bonchev–Trinajstić information content (AvgIpc) is 2.49. The zero-order chi connectivity index (χ0) is 15.8. The van der Waals surface area contributed by atoms with Crippen LogP contribution in [-0.4, -0.2) is 49.9 Å². The molecule has 0 fully saturated rings. The van der Waals surface area contributed by atoms with Gasteiger partial charge in [0.25, 0.3) is 5.91 Å². The Bertz CT molecular complexity index is 533. The lowest BCUT2D eigenvalue weighted by Crippen LogP contribution is -2.39. The number of halogens is 1. The summed E-state index contributed by atoms with van der Waals surface area (Å²) in [7, 11) is 2.78. The predicted molar refractivity (Wildman–Crippen MR) is 73.0 cm³/mol. The van der Waals surface area contributed by atoms with Crippen molar-refractivity contribution >= 4 is 17.8 Å². The van der Waals surface area contributed by atoms with E-state index in [9.17, 15) is 18.8 Å². The molecular formula is C14H17FN2O4. The third-order valence-electron chi connectivity index (χ3n) is 2.79. The summed E-state index contributed by atoms with van der Waals surface area (Å²) in [4.78, 5) is 35.7. The van der Waals surface area contributed by atoms with E-state index in [1.165, 1.54) is 37.3 Å². The Hall–Kier alpha value is -2.44. The number of ether oxygens (including phenoxy) is 1. The Labute approximate surface area is 121 Å². The topological polar surface area (TPSA) is 75.7 Å². The van der Waals surface area contributed by atoms with Crippen LogP contribution in [0, 0.1) is 5.82 Å². The van der Waals surface area contributed by atoms with Gasteiger partial charge >= 0.3 is 5.97 Å². The molecule has 7 heteroatoms. The van der Waals surface area contributed by atoms with Gasteiger partial charge in [-0.1, -0.05) is 6.07 Å². The molecule has 0 unspecified atom stereocenters. The minimum Gasteiger partial charge on any atom is -0.469 e. The van der Waals surface area contributed by atoms with Crippen LogP contribution in [0.15, 0.2) is 24.3 Å². The number of amides is 2. The van der Waals surface area contributed by atoms with Crippen molar-refractivity contribution in [3.63, 3.8) is 0 Å². The van der Waals surface area contributed by atoms with Crippen molar-refractivity contribution in [2.75, 3.05) is 27.2 Å². The number of benzene rings is 1. The molecule has 6 nitrogen and oxygen atoms in total. The average molecular weight is 296 g/mol. The normalized spacial score (nSPS) is 9.86. The molecule has 114 valence electrons. The molecule has 21 heavy (non-hydrogen) atoms. The fraction of sp³-hybridized carbons (Fsp3) is 0.357. The van der Waals surface area contributed by atoms with Crippen molar-refractivity contribution in [2.24, 2.45) is 0 Å². The number of hydrogen-bond donors (Lipinski definition) is 1. The Balaban J connectivity index is 2.41. The van der Waals surface area contributed by atoms with Crippen LogP contribution in [-0.2, 0) is 14.3 Å². The number of nitrogens with one attached hydrogen (secondary N) is 1. The van der Waals surface area contributed by atoms with Gasteiger partial charge in [-0.15, -0.1) is 0 Å². The van der Waals surface area contributed by atoms with Gasteiger partial charge in [-0.2, -0.15) is 0 Å². The molecule has 0 heterocycles. The molecule has 0 spiro atoms. The molecule has 0 aromatic heterocycles. The number of likely N-dealkylation sites (N-methyl/N-ethyl adjacent to an activating group) is 1. The fourth-order valence-corrected chi connectivity index (χ4v) is 1.51. The Morgan fingerprint density at radius 2 is 2.05 bits per heavy atom. The SMILES string of the molecule is COC(=O)CCN(C)C(=O)CNC(=O)c1cccc(F)c1. The van der Waals surface area contributed by atoms with Crippen molar-refractivity contribution in [1.29, 1.82) is 0 Å². The first-order chi connectivity index (χ1) is 9.93. The van der Waals surface area contributed by atoms with Crippen LogP contribution in [0.3, 0.4) is 0 Å². The predicted octanol–water partition coefficient (Wildman–Crippen LogP) is 0.577. The van der Waals surface area contributed by atoms with Gasteiger partial charge in [0.15, 0.2) is 0 Å². The van der Waals surface area contributed by atoms with Gasteiger partial charge in [0, 0.05) is 19.2 Å². The van der Waals surface area contributed by atoms with Gasteiger partial charge in [-0.05, 0) is 18.2 Å². The van der Waals surface area contributed by atoms with E-state index in [1.54, 1.807) is 0 Å². The van der Waals surface area contributed by atoms with Gasteiger partial charge in [0.2, 0.25) is 5.91 Å². The van der Waals surface area contributed by atoms with E-state index >= 15 is 0 Å². The Morgan fingerprint density at radius 3 is 2.67 bits per heavy atom. The molecule has 0 aliphatic rings.